The van der Waals surface area contributed by atoms with Crippen LogP contribution in [0.15, 0.2) is 16.8 Å². The van der Waals surface area contributed by atoms with Crippen molar-refractivity contribution in [1.82, 2.24) is 4.42 Å². The molecule has 0 saturated heterocycles. The molecule has 50 valence electrons. The van der Waals surface area contributed by atoms with Crippen LogP contribution in [0.3, 0.4) is 0 Å². The van der Waals surface area contributed by atoms with Crippen LogP contribution in [-0.2, 0) is 0 Å². The van der Waals surface area contributed by atoms with Crippen LogP contribution in [0.2, 0.25) is 0 Å². The third-order valence-corrected chi connectivity index (χ3v) is 1.59. The van der Waals surface area contributed by atoms with Gasteiger partial charge in [0.05, 0.1) is 0 Å². The van der Waals surface area contributed by atoms with Gasteiger partial charge >= 0.3 is 0 Å². The standard InChI is InChI=1S/C5H8ClN3/c1-4-2-3-8-5(7)9(4)6/h2-3,5H,7H2,1H3. The van der Waals surface area contributed by atoms with E-state index in [2.05, 4.69) is 4.99 Å². The molecular formula is C5H8ClN3. The molecule has 0 aliphatic carbocycles. The first-order chi connectivity index (χ1) is 4.22. The lowest BCUT2D eigenvalue weighted by molar-refractivity contribution is 0.423. The molecule has 0 aromatic heterocycles. The van der Waals surface area contributed by atoms with E-state index in [-0.39, 0.29) is 0 Å². The molecule has 4 heteroatoms. The molecule has 0 aromatic carbocycles. The predicted molar refractivity (Wildman–Crippen MR) is 37.9 cm³/mol. The van der Waals surface area contributed by atoms with Gasteiger partial charge in [0, 0.05) is 23.7 Å². The Kier molecular flexibility index (Phi) is 1.73. The minimum atomic E-state index is -0.420. The summed E-state index contributed by atoms with van der Waals surface area (Å²) >= 11 is 5.64. The molecule has 0 amide bonds. The van der Waals surface area contributed by atoms with Gasteiger partial charge in [-0.2, -0.15) is 0 Å². The second-order valence-electron chi connectivity index (χ2n) is 1.83. The maximum absolute atomic E-state index is 5.64. The summed E-state index contributed by atoms with van der Waals surface area (Å²) in [5.74, 6) is 0. The zero-order valence-corrected chi connectivity index (χ0v) is 5.84. The normalized spacial score (nSPS) is 26.3. The highest BCUT2D eigenvalue weighted by Gasteiger charge is 2.11. The van der Waals surface area contributed by atoms with Crippen LogP contribution in [0.25, 0.3) is 0 Å². The van der Waals surface area contributed by atoms with E-state index >= 15 is 0 Å². The summed E-state index contributed by atoms with van der Waals surface area (Å²) in [7, 11) is 0. The molecule has 0 fully saturated rings. The number of nitrogens with zero attached hydrogens (tertiary/aromatic N) is 2. The van der Waals surface area contributed by atoms with Gasteiger partial charge in [-0.15, -0.1) is 0 Å². The first-order valence-electron chi connectivity index (χ1n) is 2.62. The summed E-state index contributed by atoms with van der Waals surface area (Å²) in [5, 5.41) is 0. The molecule has 2 N–H and O–H groups in total. The number of rotatable bonds is 0. The Hall–Kier alpha value is -0.540. The molecule has 0 saturated carbocycles. The van der Waals surface area contributed by atoms with Crippen molar-refractivity contribution < 1.29 is 0 Å². The second-order valence-corrected chi connectivity index (χ2v) is 2.20. The molecule has 3 nitrogen and oxygen atoms in total. The molecule has 1 heterocycles. The fraction of sp³-hybridized carbons (Fsp3) is 0.400. The highest BCUT2D eigenvalue weighted by molar-refractivity contribution is 6.15. The Morgan fingerprint density at radius 1 is 1.89 bits per heavy atom. The summed E-state index contributed by atoms with van der Waals surface area (Å²) < 4.78 is 1.39. The van der Waals surface area contributed by atoms with Gasteiger partial charge in [-0.3, -0.25) is 15.1 Å². The average Bonchev–Trinajstić information content (AvgIpc) is 1.83. The molecule has 0 bridgehead atoms. The summed E-state index contributed by atoms with van der Waals surface area (Å²) in [4.78, 5) is 3.83. The van der Waals surface area contributed by atoms with E-state index < -0.39 is 6.29 Å². The van der Waals surface area contributed by atoms with Gasteiger partial charge in [-0.05, 0) is 13.0 Å². The smallest absolute Gasteiger partial charge is 0.187 e. The Labute approximate surface area is 58.9 Å². The molecule has 1 unspecified atom stereocenters. The molecule has 1 rings (SSSR count). The maximum Gasteiger partial charge on any atom is 0.187 e. The van der Waals surface area contributed by atoms with Crippen LogP contribution in [0.4, 0.5) is 0 Å². The predicted octanol–water partition coefficient (Wildman–Crippen LogP) is 0.673. The number of halogens is 1. The van der Waals surface area contributed by atoms with Crippen LogP contribution in [-0.4, -0.2) is 16.9 Å². The fourth-order valence-electron chi connectivity index (χ4n) is 0.577. The Balaban J connectivity index is 2.73. The third-order valence-electron chi connectivity index (χ3n) is 1.12. The van der Waals surface area contributed by atoms with Crippen molar-refractivity contribution in [3.8, 4) is 0 Å². The van der Waals surface area contributed by atoms with Crippen LogP contribution >= 0.6 is 11.8 Å². The van der Waals surface area contributed by atoms with Crippen LogP contribution in [0.5, 0.6) is 0 Å². The summed E-state index contributed by atoms with van der Waals surface area (Å²) in [5.41, 5.74) is 6.34. The van der Waals surface area contributed by atoms with Gasteiger partial charge in [0.15, 0.2) is 6.29 Å². The van der Waals surface area contributed by atoms with E-state index in [1.165, 1.54) is 4.42 Å². The molecular weight excluding hydrogens is 138 g/mol. The lowest BCUT2D eigenvalue weighted by Crippen LogP contribution is -2.34. The van der Waals surface area contributed by atoms with Gasteiger partial charge in [0.1, 0.15) is 0 Å². The van der Waals surface area contributed by atoms with Crippen molar-refractivity contribution in [2.45, 2.75) is 13.2 Å². The van der Waals surface area contributed by atoms with E-state index in [0.717, 1.165) is 5.70 Å². The van der Waals surface area contributed by atoms with Gasteiger partial charge in [0.2, 0.25) is 0 Å². The molecule has 0 radical (unpaired) electrons. The Morgan fingerprint density at radius 2 is 2.56 bits per heavy atom. The van der Waals surface area contributed by atoms with E-state index in [1.807, 2.05) is 6.92 Å². The number of hydrogen-bond donors (Lipinski definition) is 1. The highest BCUT2D eigenvalue weighted by atomic mass is 35.5. The molecule has 1 aliphatic heterocycles. The van der Waals surface area contributed by atoms with E-state index in [1.54, 1.807) is 12.3 Å². The van der Waals surface area contributed by atoms with Crippen molar-refractivity contribution in [3.05, 3.63) is 11.8 Å². The molecule has 0 aromatic rings. The van der Waals surface area contributed by atoms with Crippen molar-refractivity contribution in [2.24, 2.45) is 10.7 Å². The van der Waals surface area contributed by atoms with E-state index in [0.29, 0.717) is 0 Å². The summed E-state index contributed by atoms with van der Waals surface area (Å²) in [6.45, 7) is 1.87. The zero-order chi connectivity index (χ0) is 6.85. The van der Waals surface area contributed by atoms with Gasteiger partial charge in [-0.25, -0.2) is 0 Å². The molecule has 0 spiro atoms. The number of allylic oxidation sites excluding steroid dienone is 2. The van der Waals surface area contributed by atoms with Crippen molar-refractivity contribution in [1.29, 1.82) is 0 Å². The monoisotopic (exact) mass is 145 g/mol. The quantitative estimate of drug-likeness (QED) is 0.509. The van der Waals surface area contributed by atoms with Gasteiger partial charge in [0.25, 0.3) is 0 Å². The fourth-order valence-corrected chi connectivity index (χ4v) is 0.684. The van der Waals surface area contributed by atoms with Crippen molar-refractivity contribution in [3.63, 3.8) is 0 Å². The number of hydrogen-bond acceptors (Lipinski definition) is 3. The van der Waals surface area contributed by atoms with E-state index in [4.69, 9.17) is 17.5 Å². The van der Waals surface area contributed by atoms with Crippen molar-refractivity contribution in [2.75, 3.05) is 0 Å². The number of aliphatic imine (C=N–C) groups is 1. The van der Waals surface area contributed by atoms with Crippen molar-refractivity contribution >= 4 is 18.0 Å². The Bertz CT molecular complexity index is 164. The number of nitrogens with two attached hydrogens (primary N) is 1. The van der Waals surface area contributed by atoms with E-state index in [9.17, 15) is 0 Å². The van der Waals surface area contributed by atoms with Crippen LogP contribution in [0.1, 0.15) is 6.92 Å². The molecule has 9 heavy (non-hydrogen) atoms. The minimum absolute atomic E-state index is 0.420. The highest BCUT2D eigenvalue weighted by Crippen LogP contribution is 2.12. The van der Waals surface area contributed by atoms with Crippen LogP contribution in [0, 0.1) is 0 Å². The zero-order valence-electron chi connectivity index (χ0n) is 5.08. The minimum Gasteiger partial charge on any atom is -0.291 e. The maximum atomic E-state index is 5.64. The third kappa shape index (κ3) is 1.23. The first-order valence-corrected chi connectivity index (χ1v) is 2.96. The SMILES string of the molecule is CC1=CC=NC(N)N1Cl. The first kappa shape index (κ1) is 6.58. The average molecular weight is 146 g/mol. The van der Waals surface area contributed by atoms with Crippen LogP contribution < -0.4 is 5.73 Å². The lowest BCUT2D eigenvalue weighted by atomic mass is 10.4. The molecule has 1 atom stereocenters. The topological polar surface area (TPSA) is 41.6 Å². The second kappa shape index (κ2) is 2.37. The molecule has 1 aliphatic rings. The van der Waals surface area contributed by atoms with Gasteiger partial charge < -0.3 is 0 Å². The Morgan fingerprint density at radius 3 is 3.00 bits per heavy atom. The summed E-state index contributed by atoms with van der Waals surface area (Å²) in [6.07, 6.45) is 3.03. The summed E-state index contributed by atoms with van der Waals surface area (Å²) in [6, 6.07) is 0. The lowest BCUT2D eigenvalue weighted by Gasteiger charge is -2.22. The largest absolute Gasteiger partial charge is 0.291 e. The van der Waals surface area contributed by atoms with Gasteiger partial charge in [-0.1, -0.05) is 0 Å².